The number of nitriles is 1. The Morgan fingerprint density at radius 3 is 2.37 bits per heavy atom. The van der Waals surface area contributed by atoms with Crippen molar-refractivity contribution < 1.29 is 9.90 Å². The van der Waals surface area contributed by atoms with Crippen LogP contribution in [0.1, 0.15) is 79.8 Å². The Labute approximate surface area is 272 Å². The maximum atomic E-state index is 11.3. The Morgan fingerprint density at radius 1 is 0.935 bits per heavy atom. The molecule has 0 saturated carbocycles. The molecule has 0 fully saturated rings. The van der Waals surface area contributed by atoms with Gasteiger partial charge in [0.1, 0.15) is 11.6 Å². The summed E-state index contributed by atoms with van der Waals surface area (Å²) in [5, 5.41) is 18.5. The van der Waals surface area contributed by atoms with Gasteiger partial charge in [-0.3, -0.25) is 0 Å². The van der Waals surface area contributed by atoms with Gasteiger partial charge in [0.05, 0.1) is 0 Å². The van der Waals surface area contributed by atoms with Gasteiger partial charge in [-0.2, -0.15) is 5.26 Å². The number of anilines is 2. The topological polar surface area (TPSA) is 64.3 Å². The number of allylic oxidation sites excluding steroid dienone is 4. The van der Waals surface area contributed by atoms with E-state index in [0.29, 0.717) is 5.92 Å². The zero-order valence-electron chi connectivity index (χ0n) is 27.0. The van der Waals surface area contributed by atoms with Crippen molar-refractivity contribution in [1.82, 2.24) is 0 Å². The molecule has 46 heavy (non-hydrogen) atoms. The molecule has 6 rings (SSSR count). The van der Waals surface area contributed by atoms with Crippen molar-refractivity contribution in [2.45, 2.75) is 58.3 Å². The van der Waals surface area contributed by atoms with Crippen molar-refractivity contribution in [1.29, 1.82) is 5.26 Å². The molecule has 0 amide bonds. The van der Waals surface area contributed by atoms with E-state index in [1.54, 1.807) is 12.1 Å². The number of carboxylic acids is 1. The Morgan fingerprint density at radius 2 is 1.63 bits per heavy atom. The molecule has 4 heteroatoms. The smallest absolute Gasteiger partial charge is 0.346 e. The minimum absolute atomic E-state index is 0.129. The third-order valence-electron chi connectivity index (χ3n) is 9.78. The zero-order valence-corrected chi connectivity index (χ0v) is 27.0. The number of fused-ring (bicyclic) bond motifs is 4. The number of aryl methyl sites for hydroxylation is 1. The summed E-state index contributed by atoms with van der Waals surface area (Å²) in [5.74, 6) is -0.680. The first-order valence-electron chi connectivity index (χ1n) is 16.2. The first-order valence-corrected chi connectivity index (χ1v) is 16.2. The van der Waals surface area contributed by atoms with Crippen LogP contribution < -0.4 is 4.90 Å². The van der Waals surface area contributed by atoms with Crippen LogP contribution in [0.5, 0.6) is 0 Å². The van der Waals surface area contributed by atoms with Crippen molar-refractivity contribution in [3.05, 3.63) is 148 Å². The second-order valence-electron chi connectivity index (χ2n) is 12.9. The Hall–Kier alpha value is -5.14. The van der Waals surface area contributed by atoms with Gasteiger partial charge in [0.15, 0.2) is 0 Å². The zero-order chi connectivity index (χ0) is 32.4. The molecule has 230 valence electrons. The third kappa shape index (κ3) is 5.70. The molecule has 0 aromatic heterocycles. The molecule has 4 nitrogen and oxygen atoms in total. The van der Waals surface area contributed by atoms with E-state index in [1.165, 1.54) is 50.8 Å². The molecule has 1 unspecified atom stereocenters. The van der Waals surface area contributed by atoms with Gasteiger partial charge in [0.2, 0.25) is 0 Å². The van der Waals surface area contributed by atoms with E-state index >= 15 is 0 Å². The number of hydrogen-bond acceptors (Lipinski definition) is 3. The number of carbonyl (C=O) groups is 1. The summed E-state index contributed by atoms with van der Waals surface area (Å²) in [4.78, 5) is 13.8. The van der Waals surface area contributed by atoms with E-state index in [2.05, 4.69) is 118 Å². The summed E-state index contributed by atoms with van der Waals surface area (Å²) in [6, 6.07) is 32.9. The van der Waals surface area contributed by atoms with Gasteiger partial charge in [-0.25, -0.2) is 4.79 Å². The SMILES string of the molecule is CCC(C)c1ccc(N2CCCc3cc(/C(=C/C=C/C=C(\C#N)C(=O)O)c4ccc5c(c4)C(C)(C)c4ccccc4-5)ccc32)cc1. The molecule has 4 aromatic rings. The maximum Gasteiger partial charge on any atom is 0.346 e. The lowest BCUT2D eigenvalue weighted by Crippen LogP contribution is -2.24. The highest BCUT2D eigenvalue weighted by molar-refractivity contribution is 5.91. The second-order valence-corrected chi connectivity index (χ2v) is 12.9. The first kappa shape index (κ1) is 30.9. The number of nitrogens with zero attached hydrogens (tertiary/aromatic N) is 2. The Balaban J connectivity index is 1.41. The minimum Gasteiger partial charge on any atom is -0.477 e. The van der Waals surface area contributed by atoms with Crippen LogP contribution in [-0.4, -0.2) is 17.6 Å². The van der Waals surface area contributed by atoms with Crippen molar-refractivity contribution in [3.8, 4) is 17.2 Å². The van der Waals surface area contributed by atoms with Crippen molar-refractivity contribution >= 4 is 22.9 Å². The fourth-order valence-corrected chi connectivity index (χ4v) is 6.94. The fraction of sp³-hybridized carbons (Fsp3) is 0.238. The van der Waals surface area contributed by atoms with Crippen molar-refractivity contribution in [2.75, 3.05) is 11.4 Å². The molecule has 0 radical (unpaired) electrons. The summed E-state index contributed by atoms with van der Waals surface area (Å²) in [6.07, 6.45) is 10.0. The average molecular weight is 605 g/mol. The quantitative estimate of drug-likeness (QED) is 0.123. The first-order chi connectivity index (χ1) is 22.2. The van der Waals surface area contributed by atoms with Crippen LogP contribution in [0.25, 0.3) is 16.7 Å². The van der Waals surface area contributed by atoms with Crippen LogP contribution in [0.2, 0.25) is 0 Å². The predicted molar refractivity (Wildman–Crippen MR) is 188 cm³/mol. The highest BCUT2D eigenvalue weighted by Crippen LogP contribution is 2.49. The monoisotopic (exact) mass is 604 g/mol. The molecule has 1 N–H and O–H groups in total. The number of benzene rings is 4. The van der Waals surface area contributed by atoms with Crippen LogP contribution >= 0.6 is 0 Å². The van der Waals surface area contributed by atoms with Gasteiger partial charge in [-0.05, 0) is 112 Å². The van der Waals surface area contributed by atoms with Gasteiger partial charge in [0.25, 0.3) is 0 Å². The van der Waals surface area contributed by atoms with Crippen LogP contribution in [0.4, 0.5) is 11.4 Å². The van der Waals surface area contributed by atoms with E-state index in [0.717, 1.165) is 42.5 Å². The molecular formula is C42H40N2O2. The van der Waals surface area contributed by atoms with Crippen LogP contribution in [0.3, 0.4) is 0 Å². The number of hydrogen-bond donors (Lipinski definition) is 1. The van der Waals surface area contributed by atoms with Gasteiger partial charge >= 0.3 is 5.97 Å². The number of rotatable bonds is 8. The summed E-state index contributed by atoms with van der Waals surface area (Å²) in [5.41, 5.74) is 13.2. The molecule has 1 atom stereocenters. The average Bonchev–Trinajstić information content (AvgIpc) is 3.31. The Bertz CT molecular complexity index is 1940. The van der Waals surface area contributed by atoms with Crippen LogP contribution in [-0.2, 0) is 16.6 Å². The molecule has 1 aliphatic carbocycles. The van der Waals surface area contributed by atoms with Crippen LogP contribution in [0.15, 0.2) is 115 Å². The summed E-state index contributed by atoms with van der Waals surface area (Å²) < 4.78 is 0. The summed E-state index contributed by atoms with van der Waals surface area (Å²) >= 11 is 0. The van der Waals surface area contributed by atoms with Gasteiger partial charge in [-0.15, -0.1) is 0 Å². The van der Waals surface area contributed by atoms with Gasteiger partial charge in [0, 0.05) is 23.3 Å². The fourth-order valence-electron chi connectivity index (χ4n) is 6.94. The lowest BCUT2D eigenvalue weighted by molar-refractivity contribution is -0.132. The predicted octanol–water partition coefficient (Wildman–Crippen LogP) is 10.1. The molecule has 0 saturated heterocycles. The van der Waals surface area contributed by atoms with E-state index < -0.39 is 5.97 Å². The molecule has 1 aliphatic heterocycles. The van der Waals surface area contributed by atoms with Crippen molar-refractivity contribution in [3.63, 3.8) is 0 Å². The second kappa shape index (κ2) is 12.7. The van der Waals surface area contributed by atoms with E-state index in [9.17, 15) is 15.2 Å². The van der Waals surface area contributed by atoms with E-state index in [1.807, 2.05) is 12.2 Å². The third-order valence-corrected chi connectivity index (χ3v) is 9.78. The lowest BCUT2D eigenvalue weighted by atomic mass is 9.81. The molecule has 0 bridgehead atoms. The van der Waals surface area contributed by atoms with Gasteiger partial charge < -0.3 is 10.0 Å². The van der Waals surface area contributed by atoms with E-state index in [-0.39, 0.29) is 11.0 Å². The molecule has 0 spiro atoms. The highest BCUT2D eigenvalue weighted by Gasteiger charge is 2.35. The van der Waals surface area contributed by atoms with Crippen molar-refractivity contribution in [2.24, 2.45) is 0 Å². The minimum atomic E-state index is -1.23. The molecular weight excluding hydrogens is 564 g/mol. The standard InChI is InChI=1S/C42H40N2O2/c1-5-28(2)29-16-20-34(21-17-29)44-24-10-12-32-25-30(19-23-40(32)44)35(13-7-6-11-33(27-43)41(45)46)31-18-22-37-36-14-8-9-15-38(36)42(3,4)39(37)26-31/h6-9,11,13-23,25-26,28H,5,10,12,24H2,1-4H3,(H,45,46)/b7-6+,33-11+,35-13-. The largest absolute Gasteiger partial charge is 0.477 e. The van der Waals surface area contributed by atoms with Crippen LogP contribution in [0, 0.1) is 11.3 Å². The lowest BCUT2D eigenvalue weighted by Gasteiger charge is -2.32. The summed E-state index contributed by atoms with van der Waals surface area (Å²) in [7, 11) is 0. The highest BCUT2D eigenvalue weighted by atomic mass is 16.4. The van der Waals surface area contributed by atoms with E-state index in [4.69, 9.17) is 0 Å². The van der Waals surface area contributed by atoms with Gasteiger partial charge in [-0.1, -0.05) is 101 Å². The molecule has 4 aromatic carbocycles. The number of aliphatic carboxylic acids is 1. The normalized spacial score (nSPS) is 16.0. The summed E-state index contributed by atoms with van der Waals surface area (Å²) in [6.45, 7) is 10.1. The molecule has 2 aliphatic rings. The molecule has 1 heterocycles. The Kier molecular flexibility index (Phi) is 8.52. The number of carboxylic acid groups (broad SMARTS) is 1. The maximum absolute atomic E-state index is 11.3.